The van der Waals surface area contributed by atoms with E-state index in [2.05, 4.69) is 24.8 Å². The number of benzene rings is 2. The van der Waals surface area contributed by atoms with Crippen molar-refractivity contribution in [3.63, 3.8) is 0 Å². The highest BCUT2D eigenvalue weighted by atomic mass is 32.2. The fourth-order valence-corrected chi connectivity index (χ4v) is 3.36. The molecule has 0 spiro atoms. The van der Waals surface area contributed by atoms with Crippen LogP contribution in [0.25, 0.3) is 0 Å². The molecule has 130 valence electrons. The maximum absolute atomic E-state index is 6.00. The summed E-state index contributed by atoms with van der Waals surface area (Å²) in [6, 6.07) is 13.8. The van der Waals surface area contributed by atoms with Gasteiger partial charge in [0.15, 0.2) is 0 Å². The highest BCUT2D eigenvalue weighted by Crippen LogP contribution is 2.36. The normalized spacial score (nSPS) is 11.0. The van der Waals surface area contributed by atoms with Gasteiger partial charge in [-0.1, -0.05) is 37.7 Å². The Balaban J connectivity index is 1.95. The maximum atomic E-state index is 6.00. The van der Waals surface area contributed by atoms with E-state index in [0.29, 0.717) is 11.4 Å². The van der Waals surface area contributed by atoms with Crippen LogP contribution in [-0.4, -0.2) is 31.1 Å². The summed E-state index contributed by atoms with van der Waals surface area (Å²) in [5.41, 5.74) is 12.9. The van der Waals surface area contributed by atoms with Crippen molar-refractivity contribution < 1.29 is 4.74 Å². The summed E-state index contributed by atoms with van der Waals surface area (Å²) in [6.45, 7) is 8.33. The van der Waals surface area contributed by atoms with Gasteiger partial charge in [-0.2, -0.15) is 0 Å². The van der Waals surface area contributed by atoms with Gasteiger partial charge in [0, 0.05) is 11.4 Å². The Kier molecular flexibility index (Phi) is 7.28. The van der Waals surface area contributed by atoms with Crippen LogP contribution in [0.15, 0.2) is 52.3 Å². The number of hydrogen-bond donors (Lipinski definition) is 2. The van der Waals surface area contributed by atoms with Gasteiger partial charge in [-0.25, -0.2) is 0 Å². The van der Waals surface area contributed by atoms with Gasteiger partial charge in [-0.15, -0.1) is 0 Å². The van der Waals surface area contributed by atoms with E-state index in [1.165, 1.54) is 0 Å². The number of nitrogen functional groups attached to an aromatic ring is 2. The molecule has 2 rings (SSSR count). The molecular formula is C19H27N3OS. The molecule has 0 aliphatic carbocycles. The molecule has 0 saturated heterocycles. The molecule has 4 nitrogen and oxygen atoms in total. The lowest BCUT2D eigenvalue weighted by molar-refractivity contribution is 0.246. The van der Waals surface area contributed by atoms with Crippen molar-refractivity contribution in [2.45, 2.75) is 30.1 Å². The Bertz CT molecular complexity index is 644. The highest BCUT2D eigenvalue weighted by molar-refractivity contribution is 7.99. The summed E-state index contributed by atoms with van der Waals surface area (Å²) in [6.07, 6.45) is 1.02. The number of ether oxygens (including phenoxy) is 1. The van der Waals surface area contributed by atoms with Crippen LogP contribution in [0.2, 0.25) is 0 Å². The lowest BCUT2D eigenvalue weighted by Gasteiger charge is -2.18. The van der Waals surface area contributed by atoms with Crippen LogP contribution in [-0.2, 0) is 0 Å². The zero-order valence-electron chi connectivity index (χ0n) is 14.5. The second-order valence-electron chi connectivity index (χ2n) is 5.57. The topological polar surface area (TPSA) is 64.5 Å². The predicted molar refractivity (Wildman–Crippen MR) is 104 cm³/mol. The molecule has 0 fully saturated rings. The molecule has 5 heteroatoms. The standard InChI is InChI=1S/C19H27N3OS/c1-3-22(4-2)12-7-13-23-18-8-5-6-9-19(18)24-15-10-11-16(20)17(21)14-15/h5-6,8-11,14H,3-4,7,12-13,20-21H2,1-2H3. The average Bonchev–Trinajstić information content (AvgIpc) is 2.59. The lowest BCUT2D eigenvalue weighted by atomic mass is 10.3. The number of nitrogens with zero attached hydrogens (tertiary/aromatic N) is 1. The van der Waals surface area contributed by atoms with E-state index < -0.39 is 0 Å². The van der Waals surface area contributed by atoms with Crippen LogP contribution in [0.4, 0.5) is 11.4 Å². The van der Waals surface area contributed by atoms with E-state index in [4.69, 9.17) is 16.2 Å². The minimum atomic E-state index is 0.609. The van der Waals surface area contributed by atoms with Crippen LogP contribution in [0.3, 0.4) is 0 Å². The van der Waals surface area contributed by atoms with Crippen molar-refractivity contribution in [1.82, 2.24) is 4.90 Å². The first-order valence-corrected chi connectivity index (χ1v) is 9.22. The average molecular weight is 346 g/mol. The molecule has 4 N–H and O–H groups in total. The zero-order chi connectivity index (χ0) is 17.4. The molecule has 24 heavy (non-hydrogen) atoms. The minimum absolute atomic E-state index is 0.609. The van der Waals surface area contributed by atoms with Gasteiger partial charge >= 0.3 is 0 Å². The quantitative estimate of drug-likeness (QED) is 0.529. The van der Waals surface area contributed by atoms with Gasteiger partial charge in [-0.3, -0.25) is 0 Å². The minimum Gasteiger partial charge on any atom is -0.492 e. The Morgan fingerprint density at radius 1 is 1.00 bits per heavy atom. The van der Waals surface area contributed by atoms with E-state index in [0.717, 1.165) is 48.2 Å². The first kappa shape index (κ1) is 18.5. The molecule has 0 amide bonds. The SMILES string of the molecule is CCN(CC)CCCOc1ccccc1Sc1ccc(N)c(N)c1. The molecular weight excluding hydrogens is 318 g/mol. The number of hydrogen-bond acceptors (Lipinski definition) is 5. The number of rotatable bonds is 9. The van der Waals surface area contributed by atoms with Crippen molar-refractivity contribution in [2.24, 2.45) is 0 Å². The summed E-state index contributed by atoms with van der Waals surface area (Å²) in [7, 11) is 0. The van der Waals surface area contributed by atoms with Crippen molar-refractivity contribution in [2.75, 3.05) is 37.7 Å². The Labute approximate surface area is 149 Å². The number of para-hydroxylation sites is 1. The lowest BCUT2D eigenvalue weighted by Crippen LogP contribution is -2.25. The summed E-state index contributed by atoms with van der Waals surface area (Å²) in [5, 5.41) is 0. The van der Waals surface area contributed by atoms with Crippen molar-refractivity contribution in [1.29, 1.82) is 0 Å². The first-order valence-electron chi connectivity index (χ1n) is 8.41. The zero-order valence-corrected chi connectivity index (χ0v) is 15.3. The largest absolute Gasteiger partial charge is 0.492 e. The molecule has 0 aliphatic heterocycles. The van der Waals surface area contributed by atoms with E-state index in [9.17, 15) is 0 Å². The van der Waals surface area contributed by atoms with E-state index in [1.54, 1.807) is 11.8 Å². The van der Waals surface area contributed by atoms with Crippen molar-refractivity contribution in [3.8, 4) is 5.75 Å². The van der Waals surface area contributed by atoms with Crippen molar-refractivity contribution >= 4 is 23.1 Å². The Morgan fingerprint density at radius 3 is 2.46 bits per heavy atom. The number of anilines is 2. The fraction of sp³-hybridized carbons (Fsp3) is 0.368. The van der Waals surface area contributed by atoms with Crippen LogP contribution < -0.4 is 16.2 Å². The molecule has 2 aromatic rings. The summed E-state index contributed by atoms with van der Waals surface area (Å²) >= 11 is 1.64. The molecule has 2 aromatic carbocycles. The van der Waals surface area contributed by atoms with E-state index in [-0.39, 0.29) is 0 Å². The summed E-state index contributed by atoms with van der Waals surface area (Å²) < 4.78 is 6.00. The monoisotopic (exact) mass is 345 g/mol. The smallest absolute Gasteiger partial charge is 0.133 e. The Morgan fingerprint density at radius 2 is 1.75 bits per heavy atom. The molecule has 0 atom stereocenters. The second kappa shape index (κ2) is 9.45. The van der Waals surface area contributed by atoms with Crippen LogP contribution in [0.5, 0.6) is 5.75 Å². The van der Waals surface area contributed by atoms with Gasteiger partial charge < -0.3 is 21.1 Å². The fourth-order valence-electron chi connectivity index (χ4n) is 2.41. The highest BCUT2D eigenvalue weighted by Gasteiger charge is 2.07. The van der Waals surface area contributed by atoms with Gasteiger partial charge in [-0.05, 0) is 49.8 Å². The predicted octanol–water partition coefficient (Wildman–Crippen LogP) is 4.11. The Hall–Kier alpha value is -1.85. The molecule has 0 radical (unpaired) electrons. The number of nitrogens with two attached hydrogens (primary N) is 2. The van der Waals surface area contributed by atoms with E-state index in [1.807, 2.05) is 36.4 Å². The molecule has 0 unspecified atom stereocenters. The molecule has 0 heterocycles. The van der Waals surface area contributed by atoms with Gasteiger partial charge in [0.2, 0.25) is 0 Å². The second-order valence-corrected chi connectivity index (χ2v) is 6.68. The third kappa shape index (κ3) is 5.35. The third-order valence-corrected chi connectivity index (χ3v) is 4.95. The first-order chi connectivity index (χ1) is 11.6. The maximum Gasteiger partial charge on any atom is 0.133 e. The van der Waals surface area contributed by atoms with Crippen molar-refractivity contribution in [3.05, 3.63) is 42.5 Å². The summed E-state index contributed by atoms with van der Waals surface area (Å²) in [4.78, 5) is 4.55. The van der Waals surface area contributed by atoms with Gasteiger partial charge in [0.05, 0.1) is 22.9 Å². The van der Waals surface area contributed by atoms with Gasteiger partial charge in [0.1, 0.15) is 5.75 Å². The van der Waals surface area contributed by atoms with Crippen LogP contribution in [0, 0.1) is 0 Å². The van der Waals surface area contributed by atoms with Crippen LogP contribution >= 0.6 is 11.8 Å². The third-order valence-electron chi connectivity index (χ3n) is 3.91. The molecule has 0 bridgehead atoms. The molecule has 0 aliphatic rings. The summed E-state index contributed by atoms with van der Waals surface area (Å²) in [5.74, 6) is 0.914. The van der Waals surface area contributed by atoms with E-state index >= 15 is 0 Å². The van der Waals surface area contributed by atoms with Gasteiger partial charge in [0.25, 0.3) is 0 Å². The van der Waals surface area contributed by atoms with Crippen LogP contribution in [0.1, 0.15) is 20.3 Å². The molecule has 0 aromatic heterocycles. The molecule has 0 saturated carbocycles.